The Labute approximate surface area is 160 Å². The van der Waals surface area contributed by atoms with Crippen molar-refractivity contribution in [1.82, 2.24) is 9.97 Å². The normalized spacial score (nSPS) is 20.0. The van der Waals surface area contributed by atoms with Crippen LogP contribution in [-0.2, 0) is 4.79 Å². The highest BCUT2D eigenvalue weighted by Gasteiger charge is 2.43. The van der Waals surface area contributed by atoms with Crippen LogP contribution in [0.3, 0.4) is 0 Å². The number of fused-ring (bicyclic) bond motifs is 2. The van der Waals surface area contributed by atoms with Gasteiger partial charge in [0.25, 0.3) is 0 Å². The van der Waals surface area contributed by atoms with Crippen molar-refractivity contribution in [2.45, 2.75) is 12.6 Å². The van der Waals surface area contributed by atoms with E-state index in [1.165, 1.54) is 0 Å². The summed E-state index contributed by atoms with van der Waals surface area (Å²) in [6, 6.07) is 9.41. The van der Waals surface area contributed by atoms with Crippen molar-refractivity contribution in [3.8, 4) is 17.0 Å². The number of para-hydroxylation sites is 1. The quantitative estimate of drug-likeness (QED) is 0.647. The van der Waals surface area contributed by atoms with E-state index in [0.717, 1.165) is 28.9 Å². The van der Waals surface area contributed by atoms with Gasteiger partial charge in [-0.3, -0.25) is 4.79 Å². The maximum Gasteiger partial charge on any atom is 0.231 e. The fourth-order valence-electron chi connectivity index (χ4n) is 3.41. The van der Waals surface area contributed by atoms with Crippen LogP contribution in [0.25, 0.3) is 22.0 Å². The molecule has 0 spiro atoms. The molecule has 2 aromatic heterocycles. The second-order valence-electron chi connectivity index (χ2n) is 6.99. The Hall–Kier alpha value is -3.42. The van der Waals surface area contributed by atoms with E-state index >= 15 is 0 Å². The Morgan fingerprint density at radius 2 is 2.21 bits per heavy atom. The molecule has 1 aromatic carbocycles. The summed E-state index contributed by atoms with van der Waals surface area (Å²) in [5.74, 6) is 0.519. The summed E-state index contributed by atoms with van der Waals surface area (Å²) < 4.78 is 18.9. The van der Waals surface area contributed by atoms with Crippen LogP contribution in [0.1, 0.15) is 6.42 Å². The molecule has 142 valence electrons. The molecule has 1 aliphatic heterocycles. The van der Waals surface area contributed by atoms with Crippen molar-refractivity contribution < 1.29 is 13.9 Å². The van der Waals surface area contributed by atoms with Crippen molar-refractivity contribution in [2.24, 2.45) is 5.92 Å². The average Bonchev–Trinajstić information content (AvgIpc) is 3.44. The first-order valence-corrected chi connectivity index (χ1v) is 9.11. The number of amides is 1. The fraction of sp³-hybridized carbons (Fsp3) is 0.250. The zero-order valence-electron chi connectivity index (χ0n) is 14.9. The molecule has 3 aromatic rings. The molecule has 3 heterocycles. The molecule has 7 nitrogen and oxygen atoms in total. The number of hydrogen-bond donors (Lipinski definition) is 3. The summed E-state index contributed by atoms with van der Waals surface area (Å²) in [5.41, 5.74) is 8.57. The van der Waals surface area contributed by atoms with Crippen molar-refractivity contribution in [2.75, 3.05) is 29.5 Å². The molecule has 0 unspecified atom stereocenters. The molecule has 8 heteroatoms. The summed E-state index contributed by atoms with van der Waals surface area (Å²) in [5, 5.41) is 7.43. The highest BCUT2D eigenvalue weighted by Crippen LogP contribution is 2.39. The number of nitrogen functional groups attached to an aromatic ring is 1. The number of rotatable bonds is 3. The fourth-order valence-corrected chi connectivity index (χ4v) is 3.41. The first kappa shape index (κ1) is 16.7. The lowest BCUT2D eigenvalue weighted by Gasteiger charge is -2.21. The topological polar surface area (TPSA) is 102 Å². The zero-order chi connectivity index (χ0) is 19.3. The number of ether oxygens (including phenoxy) is 1. The monoisotopic (exact) mass is 379 g/mol. The molecule has 0 saturated heterocycles. The Morgan fingerprint density at radius 3 is 3.04 bits per heavy atom. The second kappa shape index (κ2) is 6.33. The summed E-state index contributed by atoms with van der Waals surface area (Å²) in [4.78, 5) is 20.7. The number of benzene rings is 1. The van der Waals surface area contributed by atoms with Gasteiger partial charge in [-0.05, 0) is 36.1 Å². The molecule has 1 aliphatic carbocycles. The maximum absolute atomic E-state index is 13.1. The molecular weight excluding hydrogens is 361 g/mol. The standard InChI is InChI=1S/C20H18FN5O2/c21-14-8-12(14)20(27)26-17-7-10-6-16(25-19(22)13(10)9-24-17)11-2-1-3-15-18(11)28-5-4-23-15/h1-3,6-7,9,12,14,23H,4-5,8H2,(H2,22,25)(H,24,26,27)/t12-,14+/m0/s1. The third-order valence-electron chi connectivity index (χ3n) is 5.00. The van der Waals surface area contributed by atoms with Crippen molar-refractivity contribution in [3.05, 3.63) is 36.5 Å². The van der Waals surface area contributed by atoms with Crippen LogP contribution in [0.5, 0.6) is 5.75 Å². The lowest BCUT2D eigenvalue weighted by atomic mass is 10.1. The molecule has 2 atom stereocenters. The smallest absolute Gasteiger partial charge is 0.231 e. The van der Waals surface area contributed by atoms with Crippen LogP contribution < -0.4 is 21.1 Å². The van der Waals surface area contributed by atoms with Crippen LogP contribution in [0.4, 0.5) is 21.7 Å². The highest BCUT2D eigenvalue weighted by molar-refractivity contribution is 5.99. The molecule has 2 aliphatic rings. The predicted octanol–water partition coefficient (Wildman–Crippen LogP) is 2.98. The Balaban J connectivity index is 1.55. The van der Waals surface area contributed by atoms with E-state index in [1.807, 2.05) is 24.3 Å². The maximum atomic E-state index is 13.1. The van der Waals surface area contributed by atoms with Gasteiger partial charge in [-0.25, -0.2) is 14.4 Å². The van der Waals surface area contributed by atoms with E-state index in [4.69, 9.17) is 10.5 Å². The van der Waals surface area contributed by atoms with Gasteiger partial charge in [-0.1, -0.05) is 6.07 Å². The molecule has 1 amide bonds. The van der Waals surface area contributed by atoms with Crippen LogP contribution in [0, 0.1) is 5.92 Å². The number of hydrogen-bond acceptors (Lipinski definition) is 6. The number of alkyl halides is 1. The van der Waals surface area contributed by atoms with E-state index in [9.17, 15) is 9.18 Å². The van der Waals surface area contributed by atoms with Crippen LogP contribution in [0.2, 0.25) is 0 Å². The van der Waals surface area contributed by atoms with Gasteiger partial charge in [0.15, 0.2) is 5.75 Å². The number of anilines is 3. The first-order valence-electron chi connectivity index (χ1n) is 9.11. The minimum atomic E-state index is -1.05. The third kappa shape index (κ3) is 2.87. The van der Waals surface area contributed by atoms with Gasteiger partial charge in [0.2, 0.25) is 5.91 Å². The molecule has 1 saturated carbocycles. The molecule has 1 fully saturated rings. The largest absolute Gasteiger partial charge is 0.489 e. The zero-order valence-corrected chi connectivity index (χ0v) is 14.9. The number of nitrogens with one attached hydrogen (secondary N) is 2. The van der Waals surface area contributed by atoms with Gasteiger partial charge in [-0.15, -0.1) is 0 Å². The lowest BCUT2D eigenvalue weighted by molar-refractivity contribution is -0.117. The average molecular weight is 379 g/mol. The van der Waals surface area contributed by atoms with E-state index in [2.05, 4.69) is 20.6 Å². The second-order valence-corrected chi connectivity index (χ2v) is 6.99. The molecule has 0 bridgehead atoms. The van der Waals surface area contributed by atoms with Gasteiger partial charge in [-0.2, -0.15) is 0 Å². The van der Waals surface area contributed by atoms with Crippen LogP contribution in [0.15, 0.2) is 36.5 Å². The summed E-state index contributed by atoms with van der Waals surface area (Å²) in [6.45, 7) is 1.32. The summed E-state index contributed by atoms with van der Waals surface area (Å²) in [7, 11) is 0. The number of nitrogens with two attached hydrogens (primary N) is 1. The Morgan fingerprint density at radius 1 is 1.36 bits per heavy atom. The summed E-state index contributed by atoms with van der Waals surface area (Å²) in [6.07, 6.45) is 0.785. The third-order valence-corrected chi connectivity index (χ3v) is 5.00. The molecule has 5 rings (SSSR count). The predicted molar refractivity (Wildman–Crippen MR) is 105 cm³/mol. The van der Waals surface area contributed by atoms with Crippen LogP contribution >= 0.6 is 0 Å². The van der Waals surface area contributed by atoms with Crippen molar-refractivity contribution in [3.63, 3.8) is 0 Å². The van der Waals surface area contributed by atoms with E-state index in [1.54, 1.807) is 12.3 Å². The minimum Gasteiger partial charge on any atom is -0.489 e. The van der Waals surface area contributed by atoms with Gasteiger partial charge in [0, 0.05) is 23.7 Å². The molecule has 0 radical (unpaired) electrons. The van der Waals surface area contributed by atoms with E-state index in [0.29, 0.717) is 29.3 Å². The van der Waals surface area contributed by atoms with Crippen LogP contribution in [-0.4, -0.2) is 35.2 Å². The van der Waals surface area contributed by atoms with Crippen molar-refractivity contribution >= 4 is 34.0 Å². The number of halogens is 1. The first-order chi connectivity index (χ1) is 13.6. The van der Waals surface area contributed by atoms with Gasteiger partial charge < -0.3 is 21.1 Å². The van der Waals surface area contributed by atoms with E-state index in [-0.39, 0.29) is 12.3 Å². The number of carbonyl (C=O) groups excluding carboxylic acids is 1. The Bertz CT molecular complexity index is 1100. The Kier molecular flexibility index (Phi) is 3.78. The van der Waals surface area contributed by atoms with E-state index < -0.39 is 12.1 Å². The molecule has 4 N–H and O–H groups in total. The number of carbonyl (C=O) groups is 1. The van der Waals surface area contributed by atoms with Gasteiger partial charge in [0.1, 0.15) is 24.4 Å². The highest BCUT2D eigenvalue weighted by atomic mass is 19.1. The van der Waals surface area contributed by atoms with Gasteiger partial charge in [0.05, 0.1) is 17.3 Å². The van der Waals surface area contributed by atoms with Gasteiger partial charge >= 0.3 is 0 Å². The SMILES string of the molecule is Nc1nc(-c2cccc3c2OCCN3)cc2cc(NC(=O)[C@H]3C[C@H]3F)ncc12. The number of pyridine rings is 2. The number of nitrogens with zero attached hydrogens (tertiary/aromatic N) is 2. The minimum absolute atomic E-state index is 0.271. The summed E-state index contributed by atoms with van der Waals surface area (Å²) >= 11 is 0. The van der Waals surface area contributed by atoms with Crippen molar-refractivity contribution in [1.29, 1.82) is 0 Å². The molecule has 28 heavy (non-hydrogen) atoms. The molecular formula is C20H18FN5O2. The number of aromatic nitrogens is 2. The lowest BCUT2D eigenvalue weighted by Crippen LogP contribution is -2.18.